The minimum Gasteiger partial charge on any atom is -0.444 e. The summed E-state index contributed by atoms with van der Waals surface area (Å²) < 4.78 is 5.37. The molecule has 0 aliphatic heterocycles. The first kappa shape index (κ1) is 12.9. The molecule has 19 heavy (non-hydrogen) atoms. The highest BCUT2D eigenvalue weighted by atomic mass is 16.6. The number of carbonyl (C=O) groups is 2. The lowest BCUT2D eigenvalue weighted by atomic mass is 9.52. The van der Waals surface area contributed by atoms with Crippen LogP contribution in [0.1, 0.15) is 52.9 Å². The first-order valence-corrected chi connectivity index (χ1v) is 7.31. The molecular formula is C15H23NO3. The Balaban J connectivity index is 1.71. The number of ketones is 1. The van der Waals surface area contributed by atoms with Gasteiger partial charge in [-0.2, -0.15) is 0 Å². The fourth-order valence-electron chi connectivity index (χ4n) is 4.42. The van der Waals surface area contributed by atoms with Gasteiger partial charge in [0, 0.05) is 17.4 Å². The van der Waals surface area contributed by atoms with E-state index in [1.54, 1.807) is 0 Å². The summed E-state index contributed by atoms with van der Waals surface area (Å²) in [4.78, 5) is 24.1. The minimum atomic E-state index is -0.470. The van der Waals surface area contributed by atoms with Crippen LogP contribution >= 0.6 is 0 Å². The van der Waals surface area contributed by atoms with Crippen LogP contribution in [0, 0.1) is 17.8 Å². The molecule has 2 unspecified atom stereocenters. The summed E-state index contributed by atoms with van der Waals surface area (Å²) >= 11 is 0. The van der Waals surface area contributed by atoms with Gasteiger partial charge in [0.2, 0.25) is 0 Å². The largest absolute Gasteiger partial charge is 0.444 e. The van der Waals surface area contributed by atoms with Crippen LogP contribution < -0.4 is 5.32 Å². The van der Waals surface area contributed by atoms with Gasteiger partial charge in [0.1, 0.15) is 11.4 Å². The molecule has 4 nitrogen and oxygen atoms in total. The second-order valence-corrected chi connectivity index (χ2v) is 7.65. The summed E-state index contributed by atoms with van der Waals surface area (Å²) in [6.45, 7) is 5.61. The van der Waals surface area contributed by atoms with Crippen LogP contribution in [0.5, 0.6) is 0 Å². The Morgan fingerprint density at radius 2 is 1.79 bits per heavy atom. The number of hydrogen-bond donors (Lipinski definition) is 1. The molecule has 0 aromatic carbocycles. The summed E-state index contributed by atoms with van der Waals surface area (Å²) in [5.74, 6) is 1.42. The quantitative estimate of drug-likeness (QED) is 0.793. The molecule has 0 aromatic heterocycles. The van der Waals surface area contributed by atoms with Crippen molar-refractivity contribution in [1.29, 1.82) is 0 Å². The number of hydrogen-bond acceptors (Lipinski definition) is 3. The first-order chi connectivity index (χ1) is 8.76. The Hall–Kier alpha value is -1.06. The van der Waals surface area contributed by atoms with Crippen molar-refractivity contribution >= 4 is 11.9 Å². The van der Waals surface area contributed by atoms with Gasteiger partial charge in [0.15, 0.2) is 0 Å². The summed E-state index contributed by atoms with van der Waals surface area (Å²) in [6, 6.07) is 0. The molecule has 4 aliphatic carbocycles. The molecule has 0 spiro atoms. The Kier molecular flexibility index (Phi) is 2.70. The molecule has 4 heteroatoms. The molecule has 1 N–H and O–H groups in total. The molecule has 1 amide bonds. The number of Topliss-reactive ketones (excluding diaryl/α,β-unsaturated/α-hetero) is 1. The average Bonchev–Trinajstić information content (AvgIpc) is 2.20. The van der Waals surface area contributed by atoms with Gasteiger partial charge in [-0.3, -0.25) is 4.79 Å². The third-order valence-corrected chi connectivity index (χ3v) is 4.76. The normalized spacial score (nSPS) is 40.4. The fourth-order valence-corrected chi connectivity index (χ4v) is 4.42. The van der Waals surface area contributed by atoms with Crippen LogP contribution in [0.3, 0.4) is 0 Å². The zero-order valence-corrected chi connectivity index (χ0v) is 12.0. The van der Waals surface area contributed by atoms with E-state index in [9.17, 15) is 9.59 Å². The smallest absolute Gasteiger partial charge is 0.408 e. The maximum atomic E-state index is 12.1. The predicted octanol–water partition coefficient (Wildman–Crippen LogP) is 2.66. The predicted molar refractivity (Wildman–Crippen MR) is 70.7 cm³/mol. The molecule has 4 bridgehead atoms. The lowest BCUT2D eigenvalue weighted by molar-refractivity contribution is -0.142. The van der Waals surface area contributed by atoms with Crippen molar-refractivity contribution in [2.45, 2.75) is 64.0 Å². The molecule has 0 heterocycles. The van der Waals surface area contributed by atoms with E-state index in [2.05, 4.69) is 5.32 Å². The van der Waals surface area contributed by atoms with E-state index in [4.69, 9.17) is 4.74 Å². The van der Waals surface area contributed by atoms with Gasteiger partial charge in [-0.05, 0) is 58.8 Å². The van der Waals surface area contributed by atoms with Crippen molar-refractivity contribution in [3.8, 4) is 0 Å². The van der Waals surface area contributed by atoms with E-state index in [1.165, 1.54) is 0 Å². The number of amides is 1. The van der Waals surface area contributed by atoms with E-state index in [0.717, 1.165) is 32.1 Å². The summed E-state index contributed by atoms with van der Waals surface area (Å²) in [5.41, 5.74) is -0.644. The third-order valence-electron chi connectivity index (χ3n) is 4.76. The summed E-state index contributed by atoms with van der Waals surface area (Å²) in [5, 5.41) is 3.09. The highest BCUT2D eigenvalue weighted by molar-refractivity contribution is 5.86. The van der Waals surface area contributed by atoms with Crippen LogP contribution in [0.25, 0.3) is 0 Å². The maximum absolute atomic E-state index is 12.1. The highest BCUT2D eigenvalue weighted by Crippen LogP contribution is 2.54. The lowest BCUT2D eigenvalue weighted by Gasteiger charge is -2.55. The SMILES string of the molecule is CC(C)(C)OC(=O)NC12CC3C[C@H](C1)C(=O)[C@@H](C3)C2. The zero-order chi connectivity index (χ0) is 13.8. The van der Waals surface area contributed by atoms with Crippen LogP contribution in [0.15, 0.2) is 0 Å². The molecule has 4 rings (SSSR count). The molecule has 4 fully saturated rings. The molecule has 0 aromatic rings. The van der Waals surface area contributed by atoms with E-state index in [0.29, 0.717) is 11.7 Å². The first-order valence-electron chi connectivity index (χ1n) is 7.31. The number of carbonyl (C=O) groups excluding carboxylic acids is 2. The van der Waals surface area contributed by atoms with E-state index >= 15 is 0 Å². The molecule has 4 saturated carbocycles. The molecule has 106 valence electrons. The van der Waals surface area contributed by atoms with Gasteiger partial charge in [0.25, 0.3) is 0 Å². The second-order valence-electron chi connectivity index (χ2n) is 7.65. The maximum Gasteiger partial charge on any atom is 0.408 e. The van der Waals surface area contributed by atoms with Crippen LogP contribution in [0.2, 0.25) is 0 Å². The number of nitrogens with one attached hydrogen (secondary N) is 1. The van der Waals surface area contributed by atoms with Gasteiger partial charge >= 0.3 is 6.09 Å². The molecule has 4 atom stereocenters. The van der Waals surface area contributed by atoms with Crippen molar-refractivity contribution in [1.82, 2.24) is 5.32 Å². The average molecular weight is 265 g/mol. The van der Waals surface area contributed by atoms with Gasteiger partial charge in [-0.25, -0.2) is 4.79 Å². The summed E-state index contributed by atoms with van der Waals surface area (Å²) in [7, 11) is 0. The van der Waals surface area contributed by atoms with Gasteiger partial charge in [0.05, 0.1) is 0 Å². The van der Waals surface area contributed by atoms with Gasteiger partial charge in [-0.15, -0.1) is 0 Å². The van der Waals surface area contributed by atoms with Crippen LogP contribution in [-0.4, -0.2) is 23.0 Å². The Morgan fingerprint density at radius 1 is 1.21 bits per heavy atom. The van der Waals surface area contributed by atoms with Crippen molar-refractivity contribution in [2.75, 3.05) is 0 Å². The Labute approximate surface area is 114 Å². The van der Waals surface area contributed by atoms with E-state index < -0.39 is 5.60 Å². The highest BCUT2D eigenvalue weighted by Gasteiger charge is 2.55. The fraction of sp³-hybridized carbons (Fsp3) is 0.867. The molecule has 0 radical (unpaired) electrons. The van der Waals surface area contributed by atoms with Crippen molar-refractivity contribution in [3.05, 3.63) is 0 Å². The summed E-state index contributed by atoms with van der Waals surface area (Å²) in [6.07, 6.45) is 4.39. The van der Waals surface area contributed by atoms with Crippen molar-refractivity contribution in [2.24, 2.45) is 17.8 Å². The molecule has 4 aliphatic rings. The zero-order valence-electron chi connectivity index (χ0n) is 12.0. The standard InChI is InChI=1S/C15H23NO3/c1-14(2,3)19-13(18)16-15-6-9-4-10(7-15)12(17)11(5-9)8-15/h9-11H,4-8H2,1-3H3,(H,16,18)/t9?,10-,11+,15?. The third kappa shape index (κ3) is 2.37. The van der Waals surface area contributed by atoms with Crippen molar-refractivity contribution < 1.29 is 14.3 Å². The number of rotatable bonds is 1. The minimum absolute atomic E-state index is 0.174. The lowest BCUT2D eigenvalue weighted by Crippen LogP contribution is -2.63. The van der Waals surface area contributed by atoms with Crippen LogP contribution in [-0.2, 0) is 9.53 Å². The monoisotopic (exact) mass is 265 g/mol. The van der Waals surface area contributed by atoms with Crippen LogP contribution in [0.4, 0.5) is 4.79 Å². The molecule has 0 saturated heterocycles. The Bertz CT molecular complexity index is 406. The Morgan fingerprint density at radius 3 is 2.32 bits per heavy atom. The van der Waals surface area contributed by atoms with E-state index in [1.807, 2.05) is 20.8 Å². The number of alkyl carbamates (subject to hydrolysis) is 1. The van der Waals surface area contributed by atoms with Gasteiger partial charge in [-0.1, -0.05) is 0 Å². The second kappa shape index (κ2) is 3.97. The topological polar surface area (TPSA) is 55.4 Å². The van der Waals surface area contributed by atoms with E-state index in [-0.39, 0.29) is 23.5 Å². The number of ether oxygens (including phenoxy) is 1. The molecular weight excluding hydrogens is 242 g/mol. The van der Waals surface area contributed by atoms with Gasteiger partial charge < -0.3 is 10.1 Å². The van der Waals surface area contributed by atoms with Crippen molar-refractivity contribution in [3.63, 3.8) is 0 Å².